The number of nitro benzene ring substituents is 1. The topological polar surface area (TPSA) is 92.5 Å². The monoisotopic (exact) mass is 326 g/mol. The molecule has 8 heteroatoms. The number of hydrogen-bond acceptors (Lipinski definition) is 4. The van der Waals surface area contributed by atoms with Crippen LogP contribution in [0.4, 0.5) is 11.4 Å². The van der Waals surface area contributed by atoms with Crippen LogP contribution >= 0.6 is 23.2 Å². The number of non-ortho nitro benzene ring substituents is 1. The van der Waals surface area contributed by atoms with Gasteiger partial charge >= 0.3 is 0 Å². The average Bonchev–Trinajstić information content (AvgIpc) is 2.42. The van der Waals surface area contributed by atoms with Crippen molar-refractivity contribution in [1.82, 2.24) is 0 Å². The fourth-order valence-electron chi connectivity index (χ4n) is 1.58. The van der Waals surface area contributed by atoms with Crippen LogP contribution in [0.25, 0.3) is 0 Å². The Morgan fingerprint density at radius 2 is 1.86 bits per heavy atom. The van der Waals surface area contributed by atoms with Crippen molar-refractivity contribution in [3.8, 4) is 5.75 Å². The van der Waals surface area contributed by atoms with Gasteiger partial charge in [0.25, 0.3) is 11.6 Å². The Kier molecular flexibility index (Phi) is 4.30. The van der Waals surface area contributed by atoms with Crippen molar-refractivity contribution in [1.29, 1.82) is 0 Å². The number of aromatic hydroxyl groups is 1. The molecule has 0 saturated heterocycles. The standard InChI is InChI=1S/C13H8Cl2N2O4/c14-10-6-8(17(20)21)2-3-9(10)13(19)16-7-1-4-12(18)11(15)5-7/h1-6,18H,(H,16,19). The van der Waals surface area contributed by atoms with Gasteiger partial charge in [-0.25, -0.2) is 0 Å². The molecule has 21 heavy (non-hydrogen) atoms. The zero-order valence-corrected chi connectivity index (χ0v) is 11.9. The molecular weight excluding hydrogens is 319 g/mol. The first-order valence-corrected chi connectivity index (χ1v) is 6.38. The van der Waals surface area contributed by atoms with Gasteiger partial charge in [-0.1, -0.05) is 23.2 Å². The minimum atomic E-state index is -0.604. The molecule has 0 spiro atoms. The number of benzene rings is 2. The molecule has 2 rings (SSSR count). The van der Waals surface area contributed by atoms with Gasteiger partial charge < -0.3 is 10.4 Å². The van der Waals surface area contributed by atoms with E-state index in [2.05, 4.69) is 5.32 Å². The highest BCUT2D eigenvalue weighted by atomic mass is 35.5. The predicted octanol–water partition coefficient (Wildman–Crippen LogP) is 3.86. The molecule has 2 N–H and O–H groups in total. The predicted molar refractivity (Wildman–Crippen MR) is 79.2 cm³/mol. The van der Waals surface area contributed by atoms with E-state index in [1.54, 1.807) is 0 Å². The summed E-state index contributed by atoms with van der Waals surface area (Å²) < 4.78 is 0. The Bertz CT molecular complexity index is 734. The summed E-state index contributed by atoms with van der Waals surface area (Å²) in [6.07, 6.45) is 0. The van der Waals surface area contributed by atoms with E-state index in [1.165, 1.54) is 30.3 Å². The van der Waals surface area contributed by atoms with Crippen molar-refractivity contribution in [2.24, 2.45) is 0 Å². The summed E-state index contributed by atoms with van der Waals surface area (Å²) >= 11 is 11.6. The van der Waals surface area contributed by atoms with Crippen LogP contribution in [0.1, 0.15) is 10.4 Å². The van der Waals surface area contributed by atoms with Crippen LogP contribution < -0.4 is 5.32 Å². The van der Waals surface area contributed by atoms with Crippen molar-refractivity contribution >= 4 is 40.5 Å². The number of carbonyl (C=O) groups is 1. The first kappa shape index (κ1) is 15.1. The Morgan fingerprint density at radius 1 is 1.14 bits per heavy atom. The molecule has 2 aromatic carbocycles. The van der Waals surface area contributed by atoms with Gasteiger partial charge in [-0.05, 0) is 24.3 Å². The number of amides is 1. The summed E-state index contributed by atoms with van der Waals surface area (Å²) in [5.41, 5.74) is 0.243. The number of carbonyl (C=O) groups excluding carboxylic acids is 1. The Labute approximate surface area is 129 Å². The lowest BCUT2D eigenvalue weighted by molar-refractivity contribution is -0.384. The molecule has 0 aliphatic rings. The summed E-state index contributed by atoms with van der Waals surface area (Å²) in [6, 6.07) is 7.70. The van der Waals surface area contributed by atoms with E-state index < -0.39 is 10.8 Å². The zero-order chi connectivity index (χ0) is 15.6. The van der Waals surface area contributed by atoms with Crippen molar-refractivity contribution in [3.63, 3.8) is 0 Å². The lowest BCUT2D eigenvalue weighted by Crippen LogP contribution is -2.12. The van der Waals surface area contributed by atoms with Crippen molar-refractivity contribution in [2.75, 3.05) is 5.32 Å². The first-order chi connectivity index (χ1) is 9.88. The van der Waals surface area contributed by atoms with Crippen LogP contribution in [-0.4, -0.2) is 15.9 Å². The minimum Gasteiger partial charge on any atom is -0.506 e. The van der Waals surface area contributed by atoms with Gasteiger partial charge in [0.15, 0.2) is 0 Å². The number of phenols is 1. The van der Waals surface area contributed by atoms with E-state index in [4.69, 9.17) is 23.2 Å². The Morgan fingerprint density at radius 3 is 2.43 bits per heavy atom. The van der Waals surface area contributed by atoms with Crippen LogP contribution in [0.2, 0.25) is 10.0 Å². The van der Waals surface area contributed by atoms with Crippen LogP contribution in [0.5, 0.6) is 5.75 Å². The lowest BCUT2D eigenvalue weighted by Gasteiger charge is -2.07. The van der Waals surface area contributed by atoms with Gasteiger partial charge in [-0.15, -0.1) is 0 Å². The molecule has 0 radical (unpaired) electrons. The Hall–Kier alpha value is -2.31. The quantitative estimate of drug-likeness (QED) is 0.508. The third-order valence-corrected chi connectivity index (χ3v) is 3.23. The normalized spacial score (nSPS) is 10.2. The molecule has 0 saturated carbocycles. The second kappa shape index (κ2) is 5.99. The molecule has 0 atom stereocenters. The highest BCUT2D eigenvalue weighted by molar-refractivity contribution is 6.35. The lowest BCUT2D eigenvalue weighted by atomic mass is 10.2. The van der Waals surface area contributed by atoms with E-state index in [1.807, 2.05) is 0 Å². The molecule has 0 unspecified atom stereocenters. The maximum atomic E-state index is 12.0. The SMILES string of the molecule is O=C(Nc1ccc(O)c(Cl)c1)c1ccc([N+](=O)[O-])cc1Cl. The number of nitro groups is 1. The molecule has 0 aromatic heterocycles. The largest absolute Gasteiger partial charge is 0.506 e. The van der Waals surface area contributed by atoms with E-state index in [0.29, 0.717) is 5.69 Å². The van der Waals surface area contributed by atoms with Gasteiger partial charge in [0.05, 0.1) is 20.5 Å². The molecule has 2 aromatic rings. The second-order valence-corrected chi connectivity index (χ2v) is 4.86. The maximum Gasteiger partial charge on any atom is 0.270 e. The molecule has 0 aliphatic heterocycles. The Balaban J connectivity index is 2.24. The number of phenolic OH excluding ortho intramolecular Hbond substituents is 1. The summed E-state index contributed by atoms with van der Waals surface area (Å²) in [6.45, 7) is 0. The summed E-state index contributed by atoms with van der Waals surface area (Å²) in [7, 11) is 0. The summed E-state index contributed by atoms with van der Waals surface area (Å²) in [4.78, 5) is 22.0. The number of halogens is 2. The summed E-state index contributed by atoms with van der Waals surface area (Å²) in [5, 5.41) is 22.5. The smallest absolute Gasteiger partial charge is 0.270 e. The van der Waals surface area contributed by atoms with Gasteiger partial charge in [-0.3, -0.25) is 14.9 Å². The number of anilines is 1. The van der Waals surface area contributed by atoms with Crippen LogP contribution in [0.3, 0.4) is 0 Å². The van der Waals surface area contributed by atoms with Gasteiger partial charge in [-0.2, -0.15) is 0 Å². The third kappa shape index (κ3) is 3.42. The highest BCUT2D eigenvalue weighted by Crippen LogP contribution is 2.27. The molecule has 0 heterocycles. The van der Waals surface area contributed by atoms with Crippen LogP contribution in [-0.2, 0) is 0 Å². The van der Waals surface area contributed by atoms with Crippen molar-refractivity contribution < 1.29 is 14.8 Å². The average molecular weight is 327 g/mol. The van der Waals surface area contributed by atoms with Gasteiger partial charge in [0.1, 0.15) is 5.75 Å². The molecule has 108 valence electrons. The molecule has 0 fully saturated rings. The first-order valence-electron chi connectivity index (χ1n) is 5.62. The summed E-state index contributed by atoms with van der Waals surface area (Å²) in [5.74, 6) is -0.653. The molecule has 0 bridgehead atoms. The zero-order valence-electron chi connectivity index (χ0n) is 10.3. The van der Waals surface area contributed by atoms with E-state index >= 15 is 0 Å². The molecule has 1 amide bonds. The number of nitrogens with one attached hydrogen (secondary N) is 1. The number of nitrogens with zero attached hydrogens (tertiary/aromatic N) is 1. The van der Waals surface area contributed by atoms with Crippen LogP contribution in [0.15, 0.2) is 36.4 Å². The fourth-order valence-corrected chi connectivity index (χ4v) is 2.03. The number of hydrogen-bond donors (Lipinski definition) is 2. The third-order valence-electron chi connectivity index (χ3n) is 2.61. The van der Waals surface area contributed by atoms with E-state index in [9.17, 15) is 20.0 Å². The second-order valence-electron chi connectivity index (χ2n) is 4.04. The van der Waals surface area contributed by atoms with Crippen molar-refractivity contribution in [3.05, 3.63) is 62.1 Å². The maximum absolute atomic E-state index is 12.0. The highest BCUT2D eigenvalue weighted by Gasteiger charge is 2.15. The number of rotatable bonds is 3. The van der Waals surface area contributed by atoms with Gasteiger partial charge in [0.2, 0.25) is 0 Å². The van der Waals surface area contributed by atoms with Crippen molar-refractivity contribution in [2.45, 2.75) is 0 Å². The van der Waals surface area contributed by atoms with E-state index in [0.717, 1.165) is 6.07 Å². The molecule has 6 nitrogen and oxygen atoms in total. The van der Waals surface area contributed by atoms with E-state index in [-0.39, 0.29) is 27.0 Å². The van der Waals surface area contributed by atoms with Crippen LogP contribution in [0, 0.1) is 10.1 Å². The minimum absolute atomic E-state index is 0.0356. The fraction of sp³-hybridized carbons (Fsp3) is 0. The molecule has 0 aliphatic carbocycles. The molecular formula is C13H8Cl2N2O4. The van der Waals surface area contributed by atoms with Gasteiger partial charge in [0, 0.05) is 17.8 Å².